The Morgan fingerprint density at radius 3 is 2.80 bits per heavy atom. The Morgan fingerprint density at radius 1 is 1.13 bits per heavy atom. The smallest absolute Gasteiger partial charge is 0.272 e. The van der Waals surface area contributed by atoms with Crippen LogP contribution in [0.25, 0.3) is 22.2 Å². The number of aromatic nitrogens is 2. The zero-order valence-electron chi connectivity index (χ0n) is 16.1. The number of ether oxygens (including phenoxy) is 1. The topological polar surface area (TPSA) is 96.7 Å². The lowest BCUT2D eigenvalue weighted by molar-refractivity contribution is 0.0956. The van der Waals surface area contributed by atoms with Crippen molar-refractivity contribution >= 4 is 23.0 Å². The number of fused-ring (bicyclic) bond motifs is 1. The molecule has 4 rings (SSSR count). The Hall–Kier alpha value is -4.26. The highest BCUT2D eigenvalue weighted by Gasteiger charge is 2.13. The van der Waals surface area contributed by atoms with Crippen molar-refractivity contribution in [1.82, 2.24) is 15.4 Å². The van der Waals surface area contributed by atoms with Gasteiger partial charge in [0.25, 0.3) is 5.91 Å². The zero-order valence-corrected chi connectivity index (χ0v) is 16.1. The van der Waals surface area contributed by atoms with Gasteiger partial charge in [0.15, 0.2) is 11.5 Å². The molecule has 30 heavy (non-hydrogen) atoms. The molecule has 0 unspecified atom stereocenters. The van der Waals surface area contributed by atoms with Gasteiger partial charge < -0.3 is 9.84 Å². The van der Waals surface area contributed by atoms with Crippen molar-refractivity contribution in [3.63, 3.8) is 0 Å². The summed E-state index contributed by atoms with van der Waals surface area (Å²) in [6.07, 6.45) is 4.87. The van der Waals surface area contributed by atoms with E-state index in [2.05, 4.69) is 20.5 Å². The summed E-state index contributed by atoms with van der Waals surface area (Å²) in [5, 5.41) is 14.4. The molecular weight excluding hydrogens is 380 g/mol. The molecule has 0 spiro atoms. The van der Waals surface area contributed by atoms with Crippen molar-refractivity contribution in [3.05, 3.63) is 84.2 Å². The number of methoxy groups -OCH3 is 1. The Labute approximate surface area is 172 Å². The number of amides is 1. The molecule has 4 aromatic rings. The molecule has 0 saturated heterocycles. The number of para-hydroxylation sites is 1. The van der Waals surface area contributed by atoms with E-state index in [0.717, 1.165) is 10.9 Å². The van der Waals surface area contributed by atoms with Gasteiger partial charge in [0.2, 0.25) is 0 Å². The third-order valence-corrected chi connectivity index (χ3v) is 4.50. The Kier molecular flexibility index (Phi) is 5.34. The van der Waals surface area contributed by atoms with Crippen LogP contribution in [0.15, 0.2) is 78.2 Å². The van der Waals surface area contributed by atoms with Crippen LogP contribution in [0.5, 0.6) is 11.5 Å². The molecule has 0 bridgehead atoms. The normalized spacial score (nSPS) is 11.0. The fourth-order valence-corrected chi connectivity index (χ4v) is 3.03. The third-order valence-electron chi connectivity index (χ3n) is 4.50. The average molecular weight is 398 g/mol. The van der Waals surface area contributed by atoms with Crippen LogP contribution in [0.1, 0.15) is 15.9 Å². The Balaban J connectivity index is 1.64. The van der Waals surface area contributed by atoms with E-state index in [-0.39, 0.29) is 11.7 Å². The summed E-state index contributed by atoms with van der Waals surface area (Å²) in [6.45, 7) is 0. The average Bonchev–Trinajstić information content (AvgIpc) is 2.80. The van der Waals surface area contributed by atoms with Crippen LogP contribution in [0.4, 0.5) is 0 Å². The van der Waals surface area contributed by atoms with Crippen LogP contribution in [-0.2, 0) is 0 Å². The lowest BCUT2D eigenvalue weighted by Crippen LogP contribution is -2.18. The van der Waals surface area contributed by atoms with Gasteiger partial charge >= 0.3 is 0 Å². The van der Waals surface area contributed by atoms with E-state index in [1.165, 1.54) is 19.4 Å². The van der Waals surface area contributed by atoms with Crippen LogP contribution in [0, 0.1) is 0 Å². The van der Waals surface area contributed by atoms with Gasteiger partial charge in [0.1, 0.15) is 0 Å². The van der Waals surface area contributed by atoms with Gasteiger partial charge in [0, 0.05) is 23.3 Å². The third kappa shape index (κ3) is 3.95. The molecule has 0 fully saturated rings. The van der Waals surface area contributed by atoms with E-state index in [9.17, 15) is 9.90 Å². The summed E-state index contributed by atoms with van der Waals surface area (Å²) in [6, 6.07) is 17.7. The molecule has 2 aromatic heterocycles. The maximum absolute atomic E-state index is 12.9. The minimum Gasteiger partial charge on any atom is -0.504 e. The summed E-state index contributed by atoms with van der Waals surface area (Å²) in [5.41, 5.74) is 5.85. The van der Waals surface area contributed by atoms with E-state index in [1.54, 1.807) is 30.6 Å². The van der Waals surface area contributed by atoms with E-state index < -0.39 is 0 Å². The number of hydrazone groups is 1. The number of hydrogen-bond acceptors (Lipinski definition) is 6. The van der Waals surface area contributed by atoms with Crippen LogP contribution < -0.4 is 10.2 Å². The lowest BCUT2D eigenvalue weighted by atomic mass is 10.0. The number of nitrogens with zero attached hydrogens (tertiary/aromatic N) is 3. The highest BCUT2D eigenvalue weighted by Crippen LogP contribution is 2.26. The van der Waals surface area contributed by atoms with Gasteiger partial charge in [-0.2, -0.15) is 5.10 Å². The molecule has 2 aromatic carbocycles. The van der Waals surface area contributed by atoms with Crippen molar-refractivity contribution in [1.29, 1.82) is 0 Å². The monoisotopic (exact) mass is 398 g/mol. The number of phenolic OH excluding ortho intramolecular Hbond substituents is 1. The number of aromatic hydroxyl groups is 1. The standard InChI is InChI=1S/C23H18N4O3/c1-30-22-11-15(8-9-21(22)28)13-25-27-23(29)18-12-20(16-5-4-10-24-14-16)26-19-7-3-2-6-17(18)19/h2-14,28H,1H3,(H,27,29)/b25-13+. The summed E-state index contributed by atoms with van der Waals surface area (Å²) < 4.78 is 5.07. The van der Waals surface area contributed by atoms with Crippen molar-refractivity contribution < 1.29 is 14.6 Å². The fourth-order valence-electron chi connectivity index (χ4n) is 3.03. The summed E-state index contributed by atoms with van der Waals surface area (Å²) in [7, 11) is 1.46. The van der Waals surface area contributed by atoms with Crippen molar-refractivity contribution in [2.75, 3.05) is 7.11 Å². The molecule has 0 aliphatic heterocycles. The van der Waals surface area contributed by atoms with Gasteiger partial charge in [-0.1, -0.05) is 18.2 Å². The number of nitrogens with one attached hydrogen (secondary N) is 1. The molecule has 2 heterocycles. The molecule has 148 valence electrons. The first-order valence-electron chi connectivity index (χ1n) is 9.16. The van der Waals surface area contributed by atoms with Crippen LogP contribution in [0.2, 0.25) is 0 Å². The van der Waals surface area contributed by atoms with Gasteiger partial charge in [-0.25, -0.2) is 10.4 Å². The molecule has 0 atom stereocenters. The van der Waals surface area contributed by atoms with Crippen LogP contribution >= 0.6 is 0 Å². The molecule has 0 saturated carbocycles. The number of hydrogen-bond donors (Lipinski definition) is 2. The van der Waals surface area contributed by atoms with E-state index >= 15 is 0 Å². The minimum atomic E-state index is -0.360. The van der Waals surface area contributed by atoms with Gasteiger partial charge in [-0.05, 0) is 48.0 Å². The lowest BCUT2D eigenvalue weighted by Gasteiger charge is -2.09. The zero-order chi connectivity index (χ0) is 20.9. The molecule has 0 radical (unpaired) electrons. The quantitative estimate of drug-likeness (QED) is 0.394. The Morgan fingerprint density at radius 2 is 2.00 bits per heavy atom. The van der Waals surface area contributed by atoms with E-state index in [4.69, 9.17) is 4.74 Å². The maximum atomic E-state index is 12.9. The maximum Gasteiger partial charge on any atom is 0.272 e. The second kappa shape index (κ2) is 8.40. The molecule has 2 N–H and O–H groups in total. The van der Waals surface area contributed by atoms with Crippen LogP contribution in [-0.4, -0.2) is 34.3 Å². The van der Waals surface area contributed by atoms with Crippen molar-refractivity contribution in [3.8, 4) is 22.8 Å². The first-order valence-corrected chi connectivity index (χ1v) is 9.16. The molecule has 0 aliphatic carbocycles. The fraction of sp³-hybridized carbons (Fsp3) is 0.0435. The minimum absolute atomic E-state index is 0.0323. The highest BCUT2D eigenvalue weighted by molar-refractivity contribution is 6.07. The van der Waals surface area contributed by atoms with Gasteiger partial charge in [0.05, 0.1) is 30.1 Å². The van der Waals surface area contributed by atoms with Crippen molar-refractivity contribution in [2.24, 2.45) is 5.10 Å². The number of benzene rings is 2. The molecule has 7 heteroatoms. The summed E-state index contributed by atoms with van der Waals surface area (Å²) >= 11 is 0. The number of carbonyl (C=O) groups is 1. The molecule has 7 nitrogen and oxygen atoms in total. The second-order valence-electron chi connectivity index (χ2n) is 6.44. The number of carbonyl (C=O) groups excluding carboxylic acids is 1. The number of rotatable bonds is 5. The van der Waals surface area contributed by atoms with Crippen molar-refractivity contribution in [2.45, 2.75) is 0 Å². The molecule has 0 aliphatic rings. The molecular formula is C23H18N4O3. The Bertz CT molecular complexity index is 1240. The van der Waals surface area contributed by atoms with E-state index in [0.29, 0.717) is 28.1 Å². The molecule has 1 amide bonds. The summed E-state index contributed by atoms with van der Waals surface area (Å²) in [5.74, 6) is -0.00266. The first kappa shape index (κ1) is 19.1. The van der Waals surface area contributed by atoms with E-state index in [1.807, 2.05) is 36.4 Å². The van der Waals surface area contributed by atoms with Gasteiger partial charge in [-0.3, -0.25) is 9.78 Å². The first-order chi connectivity index (χ1) is 14.7. The number of pyridine rings is 2. The van der Waals surface area contributed by atoms with Gasteiger partial charge in [-0.15, -0.1) is 0 Å². The largest absolute Gasteiger partial charge is 0.504 e. The van der Waals surface area contributed by atoms with Crippen LogP contribution in [0.3, 0.4) is 0 Å². The number of phenols is 1. The predicted octanol–water partition coefficient (Wildman–Crippen LogP) is 3.77. The second-order valence-corrected chi connectivity index (χ2v) is 6.44. The predicted molar refractivity (Wildman–Crippen MR) is 115 cm³/mol. The SMILES string of the molecule is COc1cc(/C=N/NC(=O)c2cc(-c3cccnc3)nc3ccccc23)ccc1O. The summed E-state index contributed by atoms with van der Waals surface area (Å²) in [4.78, 5) is 21.7. The highest BCUT2D eigenvalue weighted by atomic mass is 16.5.